The standard InChI is InChI=1S/C12H23BNO3/c1-5-9-7-10(14-13-16-4)8-12(9,3)11(15)17-6-2/h9-10,14H,5-8H2,1-4H3/t9-,10+,12-/m0/s1. The molecule has 3 atom stereocenters. The number of carbonyl (C=O) groups is 1. The van der Waals surface area contributed by atoms with Gasteiger partial charge in [-0.1, -0.05) is 13.3 Å². The maximum absolute atomic E-state index is 12.1. The van der Waals surface area contributed by atoms with E-state index in [0.29, 0.717) is 18.6 Å². The first-order valence-corrected chi connectivity index (χ1v) is 6.36. The molecule has 0 amide bonds. The van der Waals surface area contributed by atoms with Crippen LogP contribution in [-0.4, -0.2) is 33.3 Å². The van der Waals surface area contributed by atoms with E-state index in [-0.39, 0.29) is 11.4 Å². The summed E-state index contributed by atoms with van der Waals surface area (Å²) < 4.78 is 10.1. The second kappa shape index (κ2) is 6.40. The Labute approximate surface area is 105 Å². The third-order valence-electron chi connectivity index (χ3n) is 3.80. The van der Waals surface area contributed by atoms with Crippen molar-refractivity contribution >= 4 is 13.6 Å². The van der Waals surface area contributed by atoms with Gasteiger partial charge in [0.05, 0.1) is 12.0 Å². The van der Waals surface area contributed by atoms with Crippen LogP contribution in [0.3, 0.4) is 0 Å². The van der Waals surface area contributed by atoms with Crippen molar-refractivity contribution in [3.63, 3.8) is 0 Å². The van der Waals surface area contributed by atoms with Crippen LogP contribution in [0.25, 0.3) is 0 Å². The largest absolute Gasteiger partial charge is 0.466 e. The lowest BCUT2D eigenvalue weighted by atomic mass is 9.78. The quantitative estimate of drug-likeness (QED) is 0.564. The Morgan fingerprint density at radius 3 is 2.76 bits per heavy atom. The Hall–Kier alpha value is -0.545. The fraction of sp³-hybridized carbons (Fsp3) is 0.917. The lowest BCUT2D eigenvalue weighted by molar-refractivity contribution is -0.156. The molecule has 0 aromatic rings. The average molecular weight is 240 g/mol. The van der Waals surface area contributed by atoms with Gasteiger partial charge in [-0.2, -0.15) is 0 Å². The van der Waals surface area contributed by atoms with E-state index in [4.69, 9.17) is 9.39 Å². The first-order chi connectivity index (χ1) is 8.08. The second-order valence-electron chi connectivity index (χ2n) is 4.90. The highest BCUT2D eigenvalue weighted by Gasteiger charge is 2.49. The lowest BCUT2D eigenvalue weighted by Crippen LogP contribution is -2.35. The van der Waals surface area contributed by atoms with E-state index in [1.807, 2.05) is 13.8 Å². The molecule has 0 heterocycles. The number of esters is 1. The molecule has 17 heavy (non-hydrogen) atoms. The zero-order valence-corrected chi connectivity index (χ0v) is 11.3. The molecule has 1 radical (unpaired) electrons. The van der Waals surface area contributed by atoms with E-state index < -0.39 is 0 Å². The molecular weight excluding hydrogens is 217 g/mol. The monoisotopic (exact) mass is 240 g/mol. The van der Waals surface area contributed by atoms with Gasteiger partial charge in [0.15, 0.2) is 0 Å². The van der Waals surface area contributed by atoms with E-state index in [9.17, 15) is 4.79 Å². The van der Waals surface area contributed by atoms with Gasteiger partial charge < -0.3 is 14.6 Å². The van der Waals surface area contributed by atoms with Crippen LogP contribution in [-0.2, 0) is 14.2 Å². The minimum Gasteiger partial charge on any atom is -0.466 e. The van der Waals surface area contributed by atoms with Gasteiger partial charge in [0, 0.05) is 7.11 Å². The highest BCUT2D eigenvalue weighted by atomic mass is 16.5. The predicted octanol–water partition coefficient (Wildman–Crippen LogP) is 1.51. The molecule has 0 bridgehead atoms. The number of nitrogens with one attached hydrogen (secondary N) is 1. The highest BCUT2D eigenvalue weighted by molar-refractivity contribution is 6.23. The minimum absolute atomic E-state index is 0.0615. The van der Waals surface area contributed by atoms with Gasteiger partial charge in [-0.25, -0.2) is 0 Å². The molecule has 1 aliphatic rings. The Bertz CT molecular complexity index is 262. The zero-order valence-electron chi connectivity index (χ0n) is 11.3. The molecule has 4 nitrogen and oxygen atoms in total. The Morgan fingerprint density at radius 2 is 2.24 bits per heavy atom. The van der Waals surface area contributed by atoms with Crippen molar-refractivity contribution in [3.05, 3.63) is 0 Å². The summed E-state index contributed by atoms with van der Waals surface area (Å²) in [4.78, 5) is 12.1. The topological polar surface area (TPSA) is 47.6 Å². The van der Waals surface area contributed by atoms with Crippen LogP contribution in [0.1, 0.15) is 40.0 Å². The first kappa shape index (κ1) is 14.5. The molecule has 1 saturated carbocycles. The van der Waals surface area contributed by atoms with Crippen molar-refractivity contribution in [2.24, 2.45) is 11.3 Å². The van der Waals surface area contributed by atoms with Crippen LogP contribution < -0.4 is 5.23 Å². The molecule has 0 spiro atoms. The molecule has 1 rings (SSSR count). The molecule has 0 saturated heterocycles. The molecule has 5 heteroatoms. The van der Waals surface area contributed by atoms with Crippen LogP contribution in [0.4, 0.5) is 0 Å². The molecular formula is C12H23BNO3. The molecule has 0 aromatic heterocycles. The summed E-state index contributed by atoms with van der Waals surface area (Å²) in [7, 11) is 3.21. The molecule has 97 valence electrons. The zero-order chi connectivity index (χ0) is 12.9. The van der Waals surface area contributed by atoms with E-state index >= 15 is 0 Å². The molecule has 0 unspecified atom stereocenters. The van der Waals surface area contributed by atoms with E-state index in [0.717, 1.165) is 19.3 Å². The normalized spacial score (nSPS) is 32.5. The van der Waals surface area contributed by atoms with Crippen molar-refractivity contribution in [2.45, 2.75) is 46.1 Å². The molecule has 1 fully saturated rings. The highest BCUT2D eigenvalue weighted by Crippen LogP contribution is 2.45. The number of ether oxygens (including phenoxy) is 1. The van der Waals surface area contributed by atoms with Crippen LogP contribution in [0.5, 0.6) is 0 Å². The van der Waals surface area contributed by atoms with Gasteiger partial charge in [0.25, 0.3) is 0 Å². The van der Waals surface area contributed by atoms with Crippen LogP contribution in [0.15, 0.2) is 0 Å². The molecule has 0 aliphatic heterocycles. The van der Waals surface area contributed by atoms with Gasteiger partial charge in [-0.3, -0.25) is 4.79 Å². The van der Waals surface area contributed by atoms with Crippen molar-refractivity contribution in [2.75, 3.05) is 13.7 Å². The third kappa shape index (κ3) is 3.22. The number of rotatable bonds is 6. The van der Waals surface area contributed by atoms with E-state index in [1.165, 1.54) is 0 Å². The van der Waals surface area contributed by atoms with Crippen molar-refractivity contribution < 1.29 is 14.2 Å². The van der Waals surface area contributed by atoms with E-state index in [2.05, 4.69) is 12.2 Å². The van der Waals surface area contributed by atoms with Crippen LogP contribution >= 0.6 is 0 Å². The van der Waals surface area contributed by atoms with Gasteiger partial charge in [0.1, 0.15) is 0 Å². The Morgan fingerprint density at radius 1 is 1.53 bits per heavy atom. The number of hydrogen-bond donors (Lipinski definition) is 1. The predicted molar refractivity (Wildman–Crippen MR) is 67.4 cm³/mol. The summed E-state index contributed by atoms with van der Waals surface area (Å²) in [6.45, 7) is 6.46. The SMILES string of the molecule is CCOC(=O)[C@@]1(C)C[C@H](N[B]OC)C[C@@H]1CC. The summed E-state index contributed by atoms with van der Waals surface area (Å²) in [5.41, 5.74) is -0.357. The summed E-state index contributed by atoms with van der Waals surface area (Å²) in [6.07, 6.45) is 2.80. The second-order valence-corrected chi connectivity index (χ2v) is 4.90. The van der Waals surface area contributed by atoms with Crippen LogP contribution in [0, 0.1) is 11.3 Å². The summed E-state index contributed by atoms with van der Waals surface area (Å²) in [5, 5.41) is 3.19. The maximum Gasteiger partial charge on any atom is 0.395 e. The smallest absolute Gasteiger partial charge is 0.395 e. The molecule has 1 N–H and O–H groups in total. The number of carbonyl (C=O) groups excluding carboxylic acids is 1. The fourth-order valence-electron chi connectivity index (χ4n) is 2.82. The van der Waals surface area contributed by atoms with Crippen molar-refractivity contribution in [1.82, 2.24) is 5.23 Å². The maximum atomic E-state index is 12.1. The fourth-order valence-corrected chi connectivity index (χ4v) is 2.82. The lowest BCUT2D eigenvalue weighted by Gasteiger charge is -2.28. The molecule has 1 aliphatic carbocycles. The van der Waals surface area contributed by atoms with Crippen molar-refractivity contribution in [1.29, 1.82) is 0 Å². The van der Waals surface area contributed by atoms with Gasteiger partial charge >= 0.3 is 13.6 Å². The summed E-state index contributed by atoms with van der Waals surface area (Å²) in [6, 6.07) is 0.300. The summed E-state index contributed by atoms with van der Waals surface area (Å²) in [5.74, 6) is 0.317. The van der Waals surface area contributed by atoms with Gasteiger partial charge in [-0.15, -0.1) is 0 Å². The van der Waals surface area contributed by atoms with Gasteiger partial charge in [-0.05, 0) is 38.6 Å². The first-order valence-electron chi connectivity index (χ1n) is 6.36. The van der Waals surface area contributed by atoms with E-state index in [1.54, 1.807) is 14.7 Å². The number of hydrogen-bond acceptors (Lipinski definition) is 4. The third-order valence-corrected chi connectivity index (χ3v) is 3.80. The Balaban J connectivity index is 2.66. The minimum atomic E-state index is -0.357. The molecule has 0 aromatic carbocycles. The van der Waals surface area contributed by atoms with Crippen molar-refractivity contribution in [3.8, 4) is 0 Å². The average Bonchev–Trinajstić information content (AvgIpc) is 2.65. The van der Waals surface area contributed by atoms with Gasteiger partial charge in [0.2, 0.25) is 0 Å². The summed E-state index contributed by atoms with van der Waals surface area (Å²) >= 11 is 0. The van der Waals surface area contributed by atoms with Crippen LogP contribution in [0.2, 0.25) is 0 Å². The Kier molecular flexibility index (Phi) is 5.47.